The van der Waals surface area contributed by atoms with Crippen LogP contribution in [0, 0.1) is 6.92 Å². The van der Waals surface area contributed by atoms with E-state index in [1.54, 1.807) is 42.5 Å². The Balaban J connectivity index is 1.77. The first kappa shape index (κ1) is 27.3. The van der Waals surface area contributed by atoms with Crippen LogP contribution in [0.15, 0.2) is 75.8 Å². The van der Waals surface area contributed by atoms with Crippen molar-refractivity contribution in [3.8, 4) is 11.5 Å². The summed E-state index contributed by atoms with van der Waals surface area (Å²) in [6.07, 6.45) is 0. The molecule has 0 aliphatic carbocycles. The number of ether oxygens (including phenoxy) is 1. The highest BCUT2D eigenvalue weighted by Crippen LogP contribution is 2.41. The summed E-state index contributed by atoms with van der Waals surface area (Å²) >= 11 is 12.3. The summed E-state index contributed by atoms with van der Waals surface area (Å²) in [5.41, 5.74) is 0.586. The number of hydrogen-bond acceptors (Lipinski definition) is 7. The van der Waals surface area contributed by atoms with Crippen LogP contribution in [0.1, 0.15) is 22.8 Å². The number of carbonyl (C=O) groups excluding carboxylic acids is 1. The Kier molecular flexibility index (Phi) is 7.89. The van der Waals surface area contributed by atoms with Crippen LogP contribution >= 0.6 is 23.2 Å². The molecular weight excluding hydrogens is 553 g/mol. The number of nitrogens with zero attached hydrogens (tertiary/aromatic N) is 2. The molecule has 0 aliphatic heterocycles. The average molecular weight is 574 g/mol. The van der Waals surface area contributed by atoms with Gasteiger partial charge in [-0.15, -0.1) is 10.2 Å². The smallest absolute Gasteiger partial charge is 0.294 e. The van der Waals surface area contributed by atoms with E-state index in [-0.39, 0.29) is 32.4 Å². The van der Waals surface area contributed by atoms with E-state index in [9.17, 15) is 22.9 Å². The van der Waals surface area contributed by atoms with Crippen LogP contribution in [-0.4, -0.2) is 30.6 Å². The monoisotopic (exact) mass is 573 g/mol. The molecule has 1 amide bonds. The molecule has 0 aromatic heterocycles. The van der Waals surface area contributed by atoms with Gasteiger partial charge in [-0.05, 0) is 55.1 Å². The Hall–Kier alpha value is -3.70. The largest absolute Gasteiger partial charge is 0.505 e. The molecule has 9 nitrogen and oxygen atoms in total. The molecule has 0 aliphatic rings. The minimum absolute atomic E-state index is 0.00178. The highest BCUT2D eigenvalue weighted by molar-refractivity contribution is 7.85. The second-order valence-corrected chi connectivity index (χ2v) is 10.4. The fourth-order valence-corrected chi connectivity index (χ4v) is 5.01. The van der Waals surface area contributed by atoms with Crippen LogP contribution in [0.3, 0.4) is 0 Å². The van der Waals surface area contributed by atoms with Crippen LogP contribution in [0.2, 0.25) is 10.0 Å². The Morgan fingerprint density at radius 2 is 1.79 bits per heavy atom. The zero-order valence-corrected chi connectivity index (χ0v) is 22.4. The number of phenolic OH excluding ortho intramolecular Hbond substituents is 1. The number of azo groups is 1. The van der Waals surface area contributed by atoms with Crippen LogP contribution in [0.5, 0.6) is 11.5 Å². The number of halogens is 2. The quantitative estimate of drug-likeness (QED) is 0.155. The van der Waals surface area contributed by atoms with E-state index in [0.717, 1.165) is 6.07 Å². The number of carbonyl (C=O) groups is 1. The number of aromatic hydroxyl groups is 1. The first-order valence-electron chi connectivity index (χ1n) is 11.2. The van der Waals surface area contributed by atoms with Crippen molar-refractivity contribution in [1.29, 1.82) is 0 Å². The van der Waals surface area contributed by atoms with Crippen molar-refractivity contribution in [2.75, 3.05) is 11.9 Å². The molecule has 38 heavy (non-hydrogen) atoms. The van der Waals surface area contributed by atoms with Crippen LogP contribution in [0.4, 0.5) is 17.1 Å². The van der Waals surface area contributed by atoms with Crippen molar-refractivity contribution in [2.45, 2.75) is 18.7 Å². The van der Waals surface area contributed by atoms with Gasteiger partial charge in [0.05, 0.1) is 22.1 Å². The van der Waals surface area contributed by atoms with Gasteiger partial charge >= 0.3 is 0 Å². The Morgan fingerprint density at radius 1 is 1.05 bits per heavy atom. The molecule has 0 heterocycles. The van der Waals surface area contributed by atoms with Crippen molar-refractivity contribution in [1.82, 2.24) is 0 Å². The molecular formula is C26H21Cl2N3O6S. The van der Waals surface area contributed by atoms with Gasteiger partial charge in [-0.2, -0.15) is 8.42 Å². The lowest BCUT2D eigenvalue weighted by Crippen LogP contribution is -2.12. The molecule has 0 fully saturated rings. The maximum atomic E-state index is 13.2. The van der Waals surface area contributed by atoms with Gasteiger partial charge in [-0.3, -0.25) is 9.35 Å². The molecule has 0 saturated carbocycles. The normalized spacial score (nSPS) is 11.7. The third kappa shape index (κ3) is 5.89. The van der Waals surface area contributed by atoms with E-state index in [1.807, 2.05) is 6.92 Å². The molecule has 4 rings (SSSR count). The topological polar surface area (TPSA) is 138 Å². The molecule has 12 heteroatoms. The number of rotatable bonds is 7. The van der Waals surface area contributed by atoms with Gasteiger partial charge < -0.3 is 15.2 Å². The number of nitrogens with one attached hydrogen (secondary N) is 1. The van der Waals surface area contributed by atoms with Gasteiger partial charge in [0.25, 0.3) is 16.0 Å². The summed E-state index contributed by atoms with van der Waals surface area (Å²) in [6.45, 7) is 3.69. The second-order valence-electron chi connectivity index (χ2n) is 8.15. The van der Waals surface area contributed by atoms with Gasteiger partial charge in [0.1, 0.15) is 17.1 Å². The van der Waals surface area contributed by atoms with E-state index in [1.165, 1.54) is 19.1 Å². The summed E-state index contributed by atoms with van der Waals surface area (Å²) in [4.78, 5) is 12.8. The number of anilines is 1. The van der Waals surface area contributed by atoms with Gasteiger partial charge in [0.2, 0.25) is 0 Å². The maximum Gasteiger partial charge on any atom is 0.294 e. The molecule has 0 spiro atoms. The fraction of sp³-hybridized carbons (Fsp3) is 0.115. The molecule has 4 aromatic rings. The average Bonchev–Trinajstić information content (AvgIpc) is 2.84. The molecule has 0 unspecified atom stereocenters. The van der Waals surface area contributed by atoms with E-state index in [2.05, 4.69) is 15.5 Å². The minimum Gasteiger partial charge on any atom is -0.505 e. The van der Waals surface area contributed by atoms with Crippen molar-refractivity contribution >= 4 is 67.1 Å². The number of phenols is 1. The first-order valence-corrected chi connectivity index (χ1v) is 13.4. The van der Waals surface area contributed by atoms with Crippen LogP contribution in [-0.2, 0) is 10.1 Å². The highest BCUT2D eigenvalue weighted by Gasteiger charge is 2.20. The third-order valence-electron chi connectivity index (χ3n) is 5.46. The fourth-order valence-electron chi connectivity index (χ4n) is 3.78. The SMILES string of the molecule is CCOc1cc(Cl)cc(NC(=O)c2cc3ccccc3c(N=Nc3cc(C)c(S(=O)(=O)O)cc3Cl)c2O)c1. The standard InChI is InChI=1S/C26H21Cl2N3O6S/c1-3-37-18-11-16(27)10-17(12-18)29-26(33)20-9-15-6-4-5-7-19(15)24(25(20)32)31-30-22-8-14(2)23(13-21(22)28)38(34,35)36/h4-13,32H,3H2,1-2H3,(H,29,33)(H,34,35,36). The zero-order valence-electron chi connectivity index (χ0n) is 20.1. The first-order chi connectivity index (χ1) is 18.0. The maximum absolute atomic E-state index is 13.2. The van der Waals surface area contributed by atoms with Gasteiger partial charge in [-0.1, -0.05) is 47.5 Å². The van der Waals surface area contributed by atoms with E-state index in [0.29, 0.717) is 33.8 Å². The number of benzene rings is 4. The Labute approximate surface area is 228 Å². The highest BCUT2D eigenvalue weighted by atomic mass is 35.5. The van der Waals surface area contributed by atoms with Crippen molar-refractivity contribution in [3.63, 3.8) is 0 Å². The molecule has 0 saturated heterocycles. The van der Waals surface area contributed by atoms with E-state index >= 15 is 0 Å². The molecule has 4 aromatic carbocycles. The Bertz CT molecular complexity index is 1710. The summed E-state index contributed by atoms with van der Waals surface area (Å²) in [7, 11) is -4.48. The van der Waals surface area contributed by atoms with Crippen molar-refractivity contribution < 1.29 is 27.6 Å². The molecule has 3 N–H and O–H groups in total. The number of aryl methyl sites for hydroxylation is 1. The number of hydrogen-bond donors (Lipinski definition) is 3. The molecule has 196 valence electrons. The predicted molar refractivity (Wildman–Crippen MR) is 146 cm³/mol. The molecule has 0 atom stereocenters. The number of amides is 1. The van der Waals surface area contributed by atoms with Gasteiger partial charge in [-0.25, -0.2) is 0 Å². The third-order valence-corrected chi connectivity index (χ3v) is 6.98. The summed E-state index contributed by atoms with van der Waals surface area (Å²) in [6, 6.07) is 15.6. The lowest BCUT2D eigenvalue weighted by Gasteiger charge is -2.12. The van der Waals surface area contributed by atoms with Crippen LogP contribution < -0.4 is 10.1 Å². The van der Waals surface area contributed by atoms with E-state index in [4.69, 9.17) is 27.9 Å². The molecule has 0 radical (unpaired) electrons. The lowest BCUT2D eigenvalue weighted by molar-refractivity contribution is 0.102. The Morgan fingerprint density at radius 3 is 2.50 bits per heavy atom. The van der Waals surface area contributed by atoms with Gasteiger partial charge in [0.15, 0.2) is 5.75 Å². The molecule has 0 bridgehead atoms. The van der Waals surface area contributed by atoms with Crippen molar-refractivity contribution in [2.24, 2.45) is 10.2 Å². The van der Waals surface area contributed by atoms with E-state index < -0.39 is 21.8 Å². The van der Waals surface area contributed by atoms with Gasteiger partial charge in [0, 0.05) is 22.2 Å². The van der Waals surface area contributed by atoms with Crippen LogP contribution in [0.25, 0.3) is 10.8 Å². The minimum atomic E-state index is -4.48. The lowest BCUT2D eigenvalue weighted by atomic mass is 10.0. The summed E-state index contributed by atoms with van der Waals surface area (Å²) in [5.74, 6) is -0.583. The zero-order chi connectivity index (χ0) is 27.6. The summed E-state index contributed by atoms with van der Waals surface area (Å²) in [5, 5.41) is 23.4. The summed E-state index contributed by atoms with van der Waals surface area (Å²) < 4.78 is 37.9. The second kappa shape index (κ2) is 11.0. The predicted octanol–water partition coefficient (Wildman–Crippen LogP) is 7.47. The number of fused-ring (bicyclic) bond motifs is 1. The van der Waals surface area contributed by atoms with Crippen molar-refractivity contribution in [3.05, 3.63) is 81.8 Å².